The Balaban J connectivity index is 1.72. The van der Waals surface area contributed by atoms with Gasteiger partial charge in [0, 0.05) is 10.6 Å². The first-order chi connectivity index (χ1) is 13.5. The number of amides is 2. The van der Waals surface area contributed by atoms with Crippen LogP contribution in [0.1, 0.15) is 11.1 Å². The molecule has 1 saturated heterocycles. The van der Waals surface area contributed by atoms with Crippen LogP contribution >= 0.6 is 11.6 Å². The van der Waals surface area contributed by atoms with Crippen LogP contribution in [0.3, 0.4) is 0 Å². The summed E-state index contributed by atoms with van der Waals surface area (Å²) in [6.07, 6.45) is -0.992. The third kappa shape index (κ3) is 2.70. The van der Waals surface area contributed by atoms with E-state index in [1.807, 2.05) is 6.92 Å². The number of oxime groups is 1. The molecule has 0 aromatic heterocycles. The fourth-order valence-corrected chi connectivity index (χ4v) is 3.64. The molecule has 2 amide bonds. The van der Waals surface area contributed by atoms with E-state index in [4.69, 9.17) is 25.9 Å². The molecule has 0 saturated carbocycles. The summed E-state index contributed by atoms with van der Waals surface area (Å²) in [6, 6.07) is 10.2. The third-order valence-electron chi connectivity index (χ3n) is 4.90. The van der Waals surface area contributed by atoms with Crippen molar-refractivity contribution in [2.45, 2.75) is 13.0 Å². The maximum atomic E-state index is 13.2. The summed E-state index contributed by atoms with van der Waals surface area (Å²) in [4.78, 5) is 32.5. The van der Waals surface area contributed by atoms with Crippen LogP contribution in [0.4, 0.5) is 5.69 Å². The third-order valence-corrected chi connectivity index (χ3v) is 5.14. The Morgan fingerprint density at radius 1 is 1.04 bits per heavy atom. The second kappa shape index (κ2) is 6.83. The molecule has 0 spiro atoms. The van der Waals surface area contributed by atoms with E-state index in [1.165, 1.54) is 14.2 Å². The van der Waals surface area contributed by atoms with E-state index in [9.17, 15) is 9.59 Å². The first-order valence-electron chi connectivity index (χ1n) is 8.56. The molecule has 1 fully saturated rings. The number of hydrogen-bond donors (Lipinski definition) is 0. The van der Waals surface area contributed by atoms with E-state index in [1.54, 1.807) is 36.4 Å². The fourth-order valence-electron chi connectivity index (χ4n) is 3.47. The van der Waals surface area contributed by atoms with Crippen LogP contribution in [0.2, 0.25) is 5.02 Å². The van der Waals surface area contributed by atoms with Crippen molar-refractivity contribution >= 4 is 34.8 Å². The average Bonchev–Trinajstić information content (AvgIpc) is 3.24. The molecule has 2 atom stereocenters. The van der Waals surface area contributed by atoms with E-state index in [2.05, 4.69) is 5.16 Å². The van der Waals surface area contributed by atoms with Gasteiger partial charge in [0.15, 0.2) is 11.5 Å². The number of carbonyl (C=O) groups excluding carboxylic acids is 2. The lowest BCUT2D eigenvalue weighted by Crippen LogP contribution is -2.33. The van der Waals surface area contributed by atoms with E-state index < -0.39 is 23.8 Å². The highest BCUT2D eigenvalue weighted by atomic mass is 35.5. The van der Waals surface area contributed by atoms with Crippen LogP contribution in [0.15, 0.2) is 41.6 Å². The number of fused-ring (bicyclic) bond motifs is 1. The molecule has 7 nitrogen and oxygen atoms in total. The van der Waals surface area contributed by atoms with Gasteiger partial charge in [-0.2, -0.15) is 0 Å². The number of aryl methyl sites for hydroxylation is 1. The molecule has 0 unspecified atom stereocenters. The first kappa shape index (κ1) is 18.3. The Bertz CT molecular complexity index is 1020. The zero-order chi connectivity index (χ0) is 20.0. The standard InChI is InChI=1S/C20H17ClN2O5/c1-10-4-6-12(21)9-13(10)23-19(24)16-17(22-28-18(16)20(23)25)11-5-7-14(26-2)15(8-11)27-3/h4-9,16,18H,1-3H3/t16-,18+/m0/s1. The number of imide groups is 1. The molecule has 0 radical (unpaired) electrons. The Morgan fingerprint density at radius 2 is 1.79 bits per heavy atom. The zero-order valence-electron chi connectivity index (χ0n) is 15.4. The summed E-state index contributed by atoms with van der Waals surface area (Å²) in [5.41, 5.74) is 2.21. The molecule has 2 aliphatic rings. The molecule has 0 N–H and O–H groups in total. The molecule has 8 heteroatoms. The predicted octanol–water partition coefficient (Wildman–Crippen LogP) is 2.96. The van der Waals surface area contributed by atoms with Crippen molar-refractivity contribution in [3.05, 3.63) is 52.5 Å². The highest BCUT2D eigenvalue weighted by Crippen LogP contribution is 2.38. The highest BCUT2D eigenvalue weighted by Gasteiger charge is 2.56. The second-order valence-electron chi connectivity index (χ2n) is 6.49. The molecule has 2 aliphatic heterocycles. The van der Waals surface area contributed by atoms with Crippen LogP contribution in [-0.2, 0) is 14.4 Å². The quantitative estimate of drug-likeness (QED) is 0.737. The summed E-state index contributed by atoms with van der Waals surface area (Å²) >= 11 is 6.07. The van der Waals surface area contributed by atoms with Crippen molar-refractivity contribution in [1.82, 2.24) is 0 Å². The van der Waals surface area contributed by atoms with Gasteiger partial charge in [0.1, 0.15) is 11.6 Å². The van der Waals surface area contributed by atoms with Gasteiger partial charge >= 0.3 is 0 Å². The van der Waals surface area contributed by atoms with Gasteiger partial charge in [-0.3, -0.25) is 9.59 Å². The number of rotatable bonds is 4. The molecule has 0 aliphatic carbocycles. The molecule has 2 aromatic rings. The van der Waals surface area contributed by atoms with Gasteiger partial charge < -0.3 is 14.3 Å². The summed E-state index contributed by atoms with van der Waals surface area (Å²) < 4.78 is 10.6. The fraction of sp³-hybridized carbons (Fsp3) is 0.250. The van der Waals surface area contributed by atoms with Crippen molar-refractivity contribution in [2.24, 2.45) is 11.1 Å². The minimum atomic E-state index is -0.992. The van der Waals surface area contributed by atoms with Crippen LogP contribution < -0.4 is 14.4 Å². The smallest absolute Gasteiger partial charge is 0.278 e. The molecular formula is C20H17ClN2O5. The van der Waals surface area contributed by atoms with Gasteiger partial charge in [-0.15, -0.1) is 0 Å². The second-order valence-corrected chi connectivity index (χ2v) is 6.93. The number of benzene rings is 2. The minimum Gasteiger partial charge on any atom is -0.493 e. The lowest BCUT2D eigenvalue weighted by atomic mass is 9.94. The summed E-state index contributed by atoms with van der Waals surface area (Å²) in [5.74, 6) is -0.646. The molecule has 0 bridgehead atoms. The maximum Gasteiger partial charge on any atom is 0.278 e. The highest BCUT2D eigenvalue weighted by molar-refractivity contribution is 6.34. The molecule has 4 rings (SSSR count). The SMILES string of the molecule is COc1ccc(C2=NO[C@H]3C(=O)N(c4cc(Cl)ccc4C)C(=O)[C@@H]23)cc1OC. The lowest BCUT2D eigenvalue weighted by molar-refractivity contribution is -0.126. The van der Waals surface area contributed by atoms with Gasteiger partial charge in [-0.25, -0.2) is 4.90 Å². The summed E-state index contributed by atoms with van der Waals surface area (Å²) in [5, 5.41) is 4.45. The largest absolute Gasteiger partial charge is 0.493 e. The van der Waals surface area contributed by atoms with Crippen LogP contribution in [-0.4, -0.2) is 37.8 Å². The van der Waals surface area contributed by atoms with E-state index in [-0.39, 0.29) is 0 Å². The Morgan fingerprint density at radius 3 is 2.50 bits per heavy atom. The van der Waals surface area contributed by atoms with E-state index in [0.29, 0.717) is 33.5 Å². The van der Waals surface area contributed by atoms with Crippen LogP contribution in [0.5, 0.6) is 11.5 Å². The topological polar surface area (TPSA) is 77.4 Å². The van der Waals surface area contributed by atoms with Gasteiger partial charge in [-0.05, 0) is 42.8 Å². The monoisotopic (exact) mass is 400 g/mol. The van der Waals surface area contributed by atoms with Gasteiger partial charge in [0.05, 0.1) is 19.9 Å². The zero-order valence-corrected chi connectivity index (χ0v) is 16.2. The van der Waals surface area contributed by atoms with Gasteiger partial charge in [-0.1, -0.05) is 22.8 Å². The number of ether oxygens (including phenoxy) is 2. The number of hydrogen-bond acceptors (Lipinski definition) is 6. The molecule has 2 heterocycles. The minimum absolute atomic E-state index is 0.381. The van der Waals surface area contributed by atoms with Crippen LogP contribution in [0, 0.1) is 12.8 Å². The van der Waals surface area contributed by atoms with Crippen molar-refractivity contribution in [3.8, 4) is 11.5 Å². The number of nitrogens with zero attached hydrogens (tertiary/aromatic N) is 2. The number of methoxy groups -OCH3 is 2. The normalized spacial score (nSPS) is 20.7. The van der Waals surface area contributed by atoms with E-state index >= 15 is 0 Å². The molecular weight excluding hydrogens is 384 g/mol. The molecule has 2 aromatic carbocycles. The summed E-state index contributed by atoms with van der Waals surface area (Å²) in [6.45, 7) is 1.81. The van der Waals surface area contributed by atoms with Crippen LogP contribution in [0.25, 0.3) is 0 Å². The van der Waals surface area contributed by atoms with Crippen molar-refractivity contribution in [1.29, 1.82) is 0 Å². The maximum absolute atomic E-state index is 13.2. The number of carbonyl (C=O) groups is 2. The van der Waals surface area contributed by atoms with Gasteiger partial charge in [0.25, 0.3) is 5.91 Å². The summed E-state index contributed by atoms with van der Waals surface area (Å²) in [7, 11) is 3.05. The average molecular weight is 401 g/mol. The van der Waals surface area contributed by atoms with Crippen molar-refractivity contribution in [3.63, 3.8) is 0 Å². The Labute approximate surface area is 166 Å². The lowest BCUT2D eigenvalue weighted by Gasteiger charge is -2.18. The first-order valence-corrected chi connectivity index (χ1v) is 8.94. The number of anilines is 1. The predicted molar refractivity (Wildman–Crippen MR) is 103 cm³/mol. The van der Waals surface area contributed by atoms with Crippen molar-refractivity contribution in [2.75, 3.05) is 19.1 Å². The molecule has 144 valence electrons. The van der Waals surface area contributed by atoms with Crippen molar-refractivity contribution < 1.29 is 23.9 Å². The Kier molecular flexibility index (Phi) is 4.47. The molecule has 28 heavy (non-hydrogen) atoms. The number of halogens is 1. The van der Waals surface area contributed by atoms with E-state index in [0.717, 1.165) is 10.5 Å². The Hall–Kier alpha value is -3.06. The van der Waals surface area contributed by atoms with Gasteiger partial charge in [0.2, 0.25) is 12.0 Å².